The highest BCUT2D eigenvalue weighted by Crippen LogP contribution is 2.17. The number of benzene rings is 2. The molecule has 2 amide bonds. The SMILES string of the molecule is Cc1cc(C)cc(NC(=O)c2cccc(NC(=O)CCC(=O)O)c2)c1. The first-order valence-corrected chi connectivity index (χ1v) is 7.85. The Morgan fingerprint density at radius 2 is 1.56 bits per heavy atom. The van der Waals surface area contributed by atoms with Crippen molar-refractivity contribution in [1.29, 1.82) is 0 Å². The van der Waals surface area contributed by atoms with Gasteiger partial charge in [-0.25, -0.2) is 0 Å². The fraction of sp³-hybridized carbons (Fsp3) is 0.211. The van der Waals surface area contributed by atoms with Crippen molar-refractivity contribution < 1.29 is 19.5 Å². The largest absolute Gasteiger partial charge is 0.481 e. The predicted octanol–water partition coefficient (Wildman–Crippen LogP) is 3.36. The molecular weight excluding hydrogens is 320 g/mol. The van der Waals surface area contributed by atoms with E-state index in [4.69, 9.17) is 5.11 Å². The number of rotatable bonds is 6. The fourth-order valence-corrected chi connectivity index (χ4v) is 2.43. The lowest BCUT2D eigenvalue weighted by atomic mass is 10.1. The highest BCUT2D eigenvalue weighted by molar-refractivity contribution is 6.05. The van der Waals surface area contributed by atoms with E-state index in [-0.39, 0.29) is 18.7 Å². The Morgan fingerprint density at radius 1 is 0.880 bits per heavy atom. The van der Waals surface area contributed by atoms with Gasteiger partial charge in [-0.3, -0.25) is 14.4 Å². The number of amides is 2. The molecule has 130 valence electrons. The van der Waals surface area contributed by atoms with Crippen LogP contribution in [-0.2, 0) is 9.59 Å². The molecule has 6 nitrogen and oxygen atoms in total. The van der Waals surface area contributed by atoms with E-state index < -0.39 is 11.9 Å². The van der Waals surface area contributed by atoms with E-state index in [0.717, 1.165) is 11.1 Å². The Bertz CT molecular complexity index is 795. The number of hydrogen-bond donors (Lipinski definition) is 3. The van der Waals surface area contributed by atoms with Crippen LogP contribution in [0.4, 0.5) is 11.4 Å². The van der Waals surface area contributed by atoms with Crippen LogP contribution in [-0.4, -0.2) is 22.9 Å². The summed E-state index contributed by atoms with van der Waals surface area (Å²) in [6.07, 6.45) is -0.354. The number of carboxylic acids is 1. The van der Waals surface area contributed by atoms with Crippen molar-refractivity contribution in [3.8, 4) is 0 Å². The third kappa shape index (κ3) is 5.76. The van der Waals surface area contributed by atoms with E-state index >= 15 is 0 Å². The van der Waals surface area contributed by atoms with Gasteiger partial charge >= 0.3 is 5.97 Å². The van der Waals surface area contributed by atoms with Crippen LogP contribution in [0.1, 0.15) is 34.3 Å². The van der Waals surface area contributed by atoms with E-state index in [1.807, 2.05) is 32.0 Å². The van der Waals surface area contributed by atoms with Gasteiger partial charge in [-0.15, -0.1) is 0 Å². The Balaban J connectivity index is 2.05. The number of carbonyl (C=O) groups excluding carboxylic acids is 2. The van der Waals surface area contributed by atoms with Gasteiger partial charge in [-0.05, 0) is 55.3 Å². The summed E-state index contributed by atoms with van der Waals surface area (Å²) in [5.41, 5.74) is 3.65. The smallest absolute Gasteiger partial charge is 0.303 e. The van der Waals surface area contributed by atoms with Gasteiger partial charge in [-0.1, -0.05) is 12.1 Å². The summed E-state index contributed by atoms with van der Waals surface area (Å²) in [5, 5.41) is 14.0. The van der Waals surface area contributed by atoms with Gasteiger partial charge in [0.25, 0.3) is 5.91 Å². The molecule has 25 heavy (non-hydrogen) atoms. The number of anilines is 2. The summed E-state index contributed by atoms with van der Waals surface area (Å²) in [6.45, 7) is 3.91. The minimum Gasteiger partial charge on any atom is -0.481 e. The number of aliphatic carboxylic acids is 1. The van der Waals surface area contributed by atoms with Crippen molar-refractivity contribution in [2.24, 2.45) is 0 Å². The summed E-state index contributed by atoms with van der Waals surface area (Å²) in [7, 11) is 0. The van der Waals surface area contributed by atoms with Crippen molar-refractivity contribution in [3.05, 3.63) is 59.2 Å². The molecule has 0 aliphatic carbocycles. The molecule has 0 atom stereocenters. The lowest BCUT2D eigenvalue weighted by Gasteiger charge is -2.09. The van der Waals surface area contributed by atoms with Crippen LogP contribution < -0.4 is 10.6 Å². The zero-order valence-electron chi connectivity index (χ0n) is 14.1. The molecule has 2 rings (SSSR count). The van der Waals surface area contributed by atoms with E-state index in [1.165, 1.54) is 0 Å². The monoisotopic (exact) mass is 340 g/mol. The average Bonchev–Trinajstić information content (AvgIpc) is 2.52. The van der Waals surface area contributed by atoms with E-state index in [1.54, 1.807) is 24.3 Å². The lowest BCUT2D eigenvalue weighted by molar-refractivity contribution is -0.138. The first-order valence-electron chi connectivity index (χ1n) is 7.85. The molecule has 0 saturated heterocycles. The maximum absolute atomic E-state index is 12.4. The highest BCUT2D eigenvalue weighted by atomic mass is 16.4. The number of aryl methyl sites for hydroxylation is 2. The standard InChI is InChI=1S/C19H20N2O4/c1-12-8-13(2)10-16(9-12)21-19(25)14-4-3-5-15(11-14)20-17(22)6-7-18(23)24/h3-5,8-11H,6-7H2,1-2H3,(H,20,22)(H,21,25)(H,23,24). The van der Waals surface area contributed by atoms with E-state index in [0.29, 0.717) is 16.9 Å². The van der Waals surface area contributed by atoms with Crippen LogP contribution in [0.25, 0.3) is 0 Å². The average molecular weight is 340 g/mol. The molecule has 2 aromatic carbocycles. The third-order valence-corrected chi connectivity index (χ3v) is 3.45. The maximum atomic E-state index is 12.4. The molecule has 0 unspecified atom stereocenters. The fourth-order valence-electron chi connectivity index (χ4n) is 2.43. The van der Waals surface area contributed by atoms with Crippen molar-refractivity contribution in [1.82, 2.24) is 0 Å². The molecule has 0 bridgehead atoms. The molecule has 0 spiro atoms. The van der Waals surface area contributed by atoms with Gasteiger partial charge < -0.3 is 15.7 Å². The van der Waals surface area contributed by atoms with Gasteiger partial charge in [0.1, 0.15) is 0 Å². The van der Waals surface area contributed by atoms with Gasteiger partial charge in [0.2, 0.25) is 5.91 Å². The molecule has 0 aromatic heterocycles. The molecule has 0 saturated carbocycles. The zero-order chi connectivity index (χ0) is 18.4. The van der Waals surface area contributed by atoms with Crippen molar-refractivity contribution in [3.63, 3.8) is 0 Å². The Kier molecular flexibility index (Phi) is 5.89. The second-order valence-corrected chi connectivity index (χ2v) is 5.85. The first-order chi connectivity index (χ1) is 11.8. The molecule has 0 radical (unpaired) electrons. The molecule has 0 heterocycles. The summed E-state index contributed by atoms with van der Waals surface area (Å²) >= 11 is 0. The van der Waals surface area contributed by atoms with Crippen molar-refractivity contribution in [2.75, 3.05) is 10.6 Å². The minimum absolute atomic E-state index is 0.117. The van der Waals surface area contributed by atoms with Crippen molar-refractivity contribution >= 4 is 29.2 Å². The van der Waals surface area contributed by atoms with Crippen molar-refractivity contribution in [2.45, 2.75) is 26.7 Å². The first kappa shape index (κ1) is 18.2. The predicted molar refractivity (Wildman–Crippen MR) is 95.8 cm³/mol. The number of hydrogen-bond acceptors (Lipinski definition) is 3. The topological polar surface area (TPSA) is 95.5 Å². The Morgan fingerprint density at radius 3 is 2.20 bits per heavy atom. The molecule has 0 fully saturated rings. The van der Waals surface area contributed by atoms with Gasteiger partial charge in [0, 0.05) is 23.4 Å². The Labute approximate surface area is 145 Å². The molecule has 0 aliphatic heterocycles. The molecular formula is C19H20N2O4. The molecule has 3 N–H and O–H groups in total. The quantitative estimate of drug-likeness (QED) is 0.751. The summed E-state index contributed by atoms with van der Waals surface area (Å²) in [4.78, 5) is 34.6. The highest BCUT2D eigenvalue weighted by Gasteiger charge is 2.10. The summed E-state index contributed by atoms with van der Waals surface area (Å²) in [5.74, 6) is -1.72. The molecule has 0 aliphatic rings. The second kappa shape index (κ2) is 8.10. The van der Waals surface area contributed by atoms with Crippen LogP contribution >= 0.6 is 0 Å². The molecule has 2 aromatic rings. The number of carbonyl (C=O) groups is 3. The number of nitrogens with one attached hydrogen (secondary N) is 2. The lowest BCUT2D eigenvalue weighted by Crippen LogP contribution is -2.15. The van der Waals surface area contributed by atoms with Gasteiger partial charge in [0.15, 0.2) is 0 Å². The zero-order valence-corrected chi connectivity index (χ0v) is 14.1. The van der Waals surface area contributed by atoms with E-state index in [2.05, 4.69) is 10.6 Å². The second-order valence-electron chi connectivity index (χ2n) is 5.85. The number of carboxylic acid groups (broad SMARTS) is 1. The summed E-state index contributed by atoms with van der Waals surface area (Å²) in [6, 6.07) is 12.3. The third-order valence-electron chi connectivity index (χ3n) is 3.45. The van der Waals surface area contributed by atoms with Crippen LogP contribution in [0.3, 0.4) is 0 Å². The Hall–Kier alpha value is -3.15. The van der Waals surface area contributed by atoms with Crippen LogP contribution in [0.5, 0.6) is 0 Å². The normalized spacial score (nSPS) is 10.2. The summed E-state index contributed by atoms with van der Waals surface area (Å²) < 4.78 is 0. The minimum atomic E-state index is -1.03. The van der Waals surface area contributed by atoms with Gasteiger partial charge in [0.05, 0.1) is 6.42 Å². The van der Waals surface area contributed by atoms with Crippen LogP contribution in [0, 0.1) is 13.8 Å². The van der Waals surface area contributed by atoms with E-state index in [9.17, 15) is 14.4 Å². The van der Waals surface area contributed by atoms with Gasteiger partial charge in [-0.2, -0.15) is 0 Å². The van der Waals surface area contributed by atoms with Crippen LogP contribution in [0.15, 0.2) is 42.5 Å². The van der Waals surface area contributed by atoms with Crippen LogP contribution in [0.2, 0.25) is 0 Å². The maximum Gasteiger partial charge on any atom is 0.303 e. The molecule has 6 heteroatoms.